The molecule has 0 aromatic carbocycles. The quantitative estimate of drug-likeness (QED) is 0.798. The minimum atomic E-state index is -0.530. The minimum absolute atomic E-state index is 0.0140. The molecular formula is C15H17NO5. The van der Waals surface area contributed by atoms with Gasteiger partial charge in [0.25, 0.3) is 0 Å². The third-order valence-electron chi connectivity index (χ3n) is 3.15. The first-order valence-electron chi connectivity index (χ1n) is 6.65. The van der Waals surface area contributed by atoms with Crippen LogP contribution in [0.1, 0.15) is 20.3 Å². The zero-order valence-corrected chi connectivity index (χ0v) is 11.9. The van der Waals surface area contributed by atoms with Gasteiger partial charge in [0, 0.05) is 24.4 Å². The lowest BCUT2D eigenvalue weighted by atomic mass is 10.0. The molecule has 112 valence electrons. The average Bonchev–Trinajstić information content (AvgIpc) is 2.49. The van der Waals surface area contributed by atoms with Crippen molar-refractivity contribution in [1.82, 2.24) is 4.90 Å². The highest BCUT2D eigenvalue weighted by molar-refractivity contribution is 5.94. The van der Waals surface area contributed by atoms with Crippen LogP contribution in [0.5, 0.6) is 0 Å². The van der Waals surface area contributed by atoms with Crippen LogP contribution in [0.2, 0.25) is 0 Å². The normalized spacial score (nSPS) is 19.2. The van der Waals surface area contributed by atoms with E-state index in [1.807, 2.05) is 0 Å². The number of nitrogens with zero attached hydrogens (tertiary/aromatic N) is 1. The largest absolute Gasteiger partial charge is 0.508 e. The van der Waals surface area contributed by atoms with Crippen LogP contribution in [0, 0.1) is 0 Å². The van der Waals surface area contributed by atoms with Gasteiger partial charge in [-0.05, 0) is 26.0 Å². The van der Waals surface area contributed by atoms with E-state index in [0.717, 1.165) is 0 Å². The first-order chi connectivity index (χ1) is 10.0. The lowest BCUT2D eigenvalue weighted by Gasteiger charge is -2.27. The topological polar surface area (TPSA) is 76.1 Å². The molecule has 1 aliphatic heterocycles. The van der Waals surface area contributed by atoms with Crippen molar-refractivity contribution < 1.29 is 24.2 Å². The molecule has 0 radical (unpaired) electrons. The van der Waals surface area contributed by atoms with Crippen molar-refractivity contribution in [1.29, 1.82) is 0 Å². The van der Waals surface area contributed by atoms with Crippen LogP contribution < -0.4 is 0 Å². The highest BCUT2D eigenvalue weighted by Crippen LogP contribution is 2.27. The summed E-state index contributed by atoms with van der Waals surface area (Å²) >= 11 is 0. The molecule has 0 fully saturated rings. The number of allylic oxidation sites excluding steroid dienone is 3. The van der Waals surface area contributed by atoms with Crippen LogP contribution in [-0.2, 0) is 19.1 Å². The summed E-state index contributed by atoms with van der Waals surface area (Å²) in [5.41, 5.74) is 0.396. The Labute approximate surface area is 122 Å². The van der Waals surface area contributed by atoms with Gasteiger partial charge >= 0.3 is 5.97 Å². The molecule has 6 heteroatoms. The maximum atomic E-state index is 11.7. The number of carbonyl (C=O) groups is 2. The van der Waals surface area contributed by atoms with E-state index in [0.29, 0.717) is 17.9 Å². The fraction of sp³-hybridized carbons (Fsp3) is 0.333. The van der Waals surface area contributed by atoms with Crippen LogP contribution >= 0.6 is 0 Å². The summed E-state index contributed by atoms with van der Waals surface area (Å²) in [5.74, 6) is -0.159. The molecule has 0 aromatic rings. The van der Waals surface area contributed by atoms with Crippen molar-refractivity contribution in [2.24, 2.45) is 0 Å². The number of esters is 1. The second kappa shape index (κ2) is 6.30. The molecule has 0 aromatic heterocycles. The number of hydrogen-bond donors (Lipinski definition) is 1. The molecule has 0 amide bonds. The maximum absolute atomic E-state index is 11.7. The summed E-state index contributed by atoms with van der Waals surface area (Å²) < 4.78 is 10.3. The van der Waals surface area contributed by atoms with E-state index in [9.17, 15) is 14.7 Å². The zero-order valence-electron chi connectivity index (χ0n) is 11.9. The van der Waals surface area contributed by atoms with E-state index >= 15 is 0 Å². The average molecular weight is 291 g/mol. The second-order valence-corrected chi connectivity index (χ2v) is 4.61. The molecule has 21 heavy (non-hydrogen) atoms. The molecule has 1 atom stereocenters. The predicted octanol–water partition coefficient (Wildman–Crippen LogP) is 1.92. The summed E-state index contributed by atoms with van der Waals surface area (Å²) in [6, 6.07) is -0.530. The molecule has 6 nitrogen and oxygen atoms in total. The highest BCUT2D eigenvalue weighted by atomic mass is 16.5. The van der Waals surface area contributed by atoms with Crippen molar-refractivity contribution in [2.75, 3.05) is 6.61 Å². The lowest BCUT2D eigenvalue weighted by Crippen LogP contribution is -2.34. The molecule has 1 N–H and O–H groups in total. The van der Waals surface area contributed by atoms with E-state index in [4.69, 9.17) is 9.47 Å². The van der Waals surface area contributed by atoms with Gasteiger partial charge in [0.05, 0.1) is 6.61 Å². The molecule has 1 unspecified atom stereocenters. The van der Waals surface area contributed by atoms with E-state index in [1.165, 1.54) is 18.4 Å². The smallest absolute Gasteiger partial charge is 0.328 e. The number of aliphatic hydroxyl groups is 1. The predicted molar refractivity (Wildman–Crippen MR) is 74.7 cm³/mol. The third-order valence-corrected chi connectivity index (χ3v) is 3.15. The van der Waals surface area contributed by atoms with Gasteiger partial charge in [-0.3, -0.25) is 4.79 Å². The van der Waals surface area contributed by atoms with E-state index < -0.39 is 6.04 Å². The molecule has 0 spiro atoms. The van der Waals surface area contributed by atoms with Crippen molar-refractivity contribution in [3.63, 3.8) is 0 Å². The van der Waals surface area contributed by atoms with Crippen molar-refractivity contribution in [3.05, 3.63) is 47.9 Å². The number of aliphatic hydroxyl groups excluding tert-OH is 1. The van der Waals surface area contributed by atoms with Gasteiger partial charge < -0.3 is 19.5 Å². The van der Waals surface area contributed by atoms with Crippen LogP contribution in [0.4, 0.5) is 0 Å². The fourth-order valence-corrected chi connectivity index (χ4v) is 1.97. The Morgan fingerprint density at radius 3 is 3.00 bits per heavy atom. The highest BCUT2D eigenvalue weighted by Gasteiger charge is 2.25. The van der Waals surface area contributed by atoms with Gasteiger partial charge in [0.15, 0.2) is 5.78 Å². The third kappa shape index (κ3) is 3.34. The Balaban J connectivity index is 2.20. The first kappa shape index (κ1) is 14.9. The van der Waals surface area contributed by atoms with Crippen molar-refractivity contribution in [3.8, 4) is 0 Å². The number of rotatable bonds is 4. The number of carbonyl (C=O) groups excluding carboxylic acids is 2. The first-order valence-corrected chi connectivity index (χ1v) is 6.65. The summed E-state index contributed by atoms with van der Waals surface area (Å²) in [6.45, 7) is 3.74. The molecule has 0 bridgehead atoms. The molecule has 1 heterocycles. The van der Waals surface area contributed by atoms with E-state index in [1.54, 1.807) is 31.1 Å². The zero-order chi connectivity index (χ0) is 15.4. The minimum Gasteiger partial charge on any atom is -0.508 e. The van der Waals surface area contributed by atoms with Crippen molar-refractivity contribution >= 4 is 11.8 Å². The van der Waals surface area contributed by atoms with Gasteiger partial charge in [-0.1, -0.05) is 0 Å². The van der Waals surface area contributed by atoms with Crippen LogP contribution in [0.3, 0.4) is 0 Å². The SMILES string of the molecule is CCOC(=O)C(C)N1C=COC(C2=C(O)C=CC(=O)C2)=C1. The Bertz CT molecular complexity index is 571. The molecule has 1 aliphatic carbocycles. The molecule has 0 saturated heterocycles. The monoisotopic (exact) mass is 291 g/mol. The summed E-state index contributed by atoms with van der Waals surface area (Å²) in [7, 11) is 0. The number of ether oxygens (including phenoxy) is 2. The van der Waals surface area contributed by atoms with Gasteiger partial charge in [-0.25, -0.2) is 4.79 Å². The molecule has 0 saturated carbocycles. The van der Waals surface area contributed by atoms with Crippen LogP contribution in [-0.4, -0.2) is 34.4 Å². The lowest BCUT2D eigenvalue weighted by molar-refractivity contribution is -0.147. The Hall–Kier alpha value is -2.50. The van der Waals surface area contributed by atoms with Crippen LogP contribution in [0.25, 0.3) is 0 Å². The molecular weight excluding hydrogens is 274 g/mol. The summed E-state index contributed by atoms with van der Waals surface area (Å²) in [5, 5.41) is 9.84. The fourth-order valence-electron chi connectivity index (χ4n) is 1.97. The van der Waals surface area contributed by atoms with E-state index in [2.05, 4.69) is 0 Å². The summed E-state index contributed by atoms with van der Waals surface area (Å²) in [4.78, 5) is 24.8. The molecule has 2 rings (SSSR count). The van der Waals surface area contributed by atoms with Gasteiger partial charge in [0.2, 0.25) is 0 Å². The van der Waals surface area contributed by atoms with Crippen LogP contribution in [0.15, 0.2) is 47.9 Å². The summed E-state index contributed by atoms with van der Waals surface area (Å²) in [6.07, 6.45) is 7.26. The van der Waals surface area contributed by atoms with E-state index in [-0.39, 0.29) is 23.9 Å². The Kier molecular flexibility index (Phi) is 4.47. The van der Waals surface area contributed by atoms with Gasteiger partial charge in [-0.15, -0.1) is 0 Å². The number of hydrogen-bond acceptors (Lipinski definition) is 6. The number of ketones is 1. The standard InChI is InChI=1S/C15H17NO5/c1-3-20-15(19)10(2)16-6-7-21-14(9-16)12-8-11(17)4-5-13(12)18/h4-7,9-10,18H,3,8H2,1-2H3. The Morgan fingerprint density at radius 2 is 2.29 bits per heavy atom. The molecule has 2 aliphatic rings. The van der Waals surface area contributed by atoms with Gasteiger partial charge in [-0.2, -0.15) is 0 Å². The van der Waals surface area contributed by atoms with Gasteiger partial charge in [0.1, 0.15) is 23.8 Å². The Morgan fingerprint density at radius 1 is 1.52 bits per heavy atom. The van der Waals surface area contributed by atoms with Crippen molar-refractivity contribution in [2.45, 2.75) is 26.3 Å². The second-order valence-electron chi connectivity index (χ2n) is 4.61. The maximum Gasteiger partial charge on any atom is 0.328 e.